The Morgan fingerprint density at radius 3 is 2.55 bits per heavy atom. The molecule has 0 aliphatic carbocycles. The molecule has 0 spiro atoms. The smallest absolute Gasteiger partial charge is 0.221 e. The lowest BCUT2D eigenvalue weighted by Crippen LogP contribution is -2.39. The van der Waals surface area contributed by atoms with Gasteiger partial charge in [0.05, 0.1) is 0 Å². The Balaban J connectivity index is 3.53. The first-order chi connectivity index (χ1) is 4.95. The molecule has 66 valence electrons. The van der Waals surface area contributed by atoms with E-state index >= 15 is 0 Å². The average Bonchev–Trinajstić information content (AvgIpc) is 1.79. The highest BCUT2D eigenvalue weighted by Crippen LogP contribution is 2.01. The van der Waals surface area contributed by atoms with E-state index in [1.165, 1.54) is 0 Å². The maximum atomic E-state index is 11.5. The highest BCUT2D eigenvalue weighted by molar-refractivity contribution is 5.76. The van der Waals surface area contributed by atoms with E-state index in [0.29, 0.717) is 0 Å². The fraction of sp³-hybridized carbons (Fsp3) is 0.857. The van der Waals surface area contributed by atoms with Crippen molar-refractivity contribution in [1.29, 1.82) is 0 Å². The Morgan fingerprint density at radius 1 is 1.64 bits per heavy atom. The molecule has 0 aromatic rings. The van der Waals surface area contributed by atoms with Crippen molar-refractivity contribution >= 4 is 5.91 Å². The van der Waals surface area contributed by atoms with Gasteiger partial charge in [-0.05, 0) is 13.8 Å². The summed E-state index contributed by atoms with van der Waals surface area (Å²) in [5.74, 6) is -0.199. The van der Waals surface area contributed by atoms with Crippen LogP contribution in [0.2, 0.25) is 0 Å². The molecule has 0 aliphatic rings. The summed E-state index contributed by atoms with van der Waals surface area (Å²) >= 11 is 0. The van der Waals surface area contributed by atoms with Crippen LogP contribution in [0.15, 0.2) is 0 Å². The first kappa shape index (κ1) is 10.4. The molecule has 0 heterocycles. The molecule has 0 fully saturated rings. The second kappa shape index (κ2) is 4.28. The summed E-state index contributed by atoms with van der Waals surface area (Å²) in [5, 5.41) is 2.39. The first-order valence-electron chi connectivity index (χ1n) is 3.57. The predicted molar refractivity (Wildman–Crippen MR) is 41.9 cm³/mol. The average molecular weight is 162 g/mol. The van der Waals surface area contributed by atoms with Crippen molar-refractivity contribution in [2.75, 3.05) is 13.2 Å². The van der Waals surface area contributed by atoms with Gasteiger partial charge in [0, 0.05) is 18.5 Å². The van der Waals surface area contributed by atoms with Crippen molar-refractivity contribution < 1.29 is 9.18 Å². The number of nitrogens with one attached hydrogen (secondary N) is 1. The highest BCUT2D eigenvalue weighted by atomic mass is 19.1. The summed E-state index contributed by atoms with van der Waals surface area (Å²) in [5.41, 5.74) is 5.04. The molecule has 3 nitrogen and oxygen atoms in total. The predicted octanol–water partition coefficient (Wildman–Crippen LogP) is 0.199. The van der Waals surface area contributed by atoms with Crippen molar-refractivity contribution in [3.63, 3.8) is 0 Å². The zero-order valence-electron chi connectivity index (χ0n) is 6.98. The van der Waals surface area contributed by atoms with E-state index in [4.69, 9.17) is 5.73 Å². The van der Waals surface area contributed by atoms with E-state index in [1.54, 1.807) is 13.8 Å². The van der Waals surface area contributed by atoms with Crippen LogP contribution in [0.3, 0.4) is 0 Å². The maximum Gasteiger partial charge on any atom is 0.221 e. The molecular weight excluding hydrogens is 147 g/mol. The number of nitrogens with two attached hydrogens (primary N) is 1. The molecule has 0 atom stereocenters. The summed E-state index contributed by atoms with van der Waals surface area (Å²) in [4.78, 5) is 10.9. The summed E-state index contributed by atoms with van der Waals surface area (Å²) in [6, 6.07) is 0. The molecule has 1 amide bonds. The van der Waals surface area contributed by atoms with Gasteiger partial charge in [-0.25, -0.2) is 4.39 Å². The third kappa shape index (κ3) is 7.25. The van der Waals surface area contributed by atoms with Gasteiger partial charge in [0.15, 0.2) is 0 Å². The molecule has 0 aromatic heterocycles. The van der Waals surface area contributed by atoms with Crippen LogP contribution >= 0.6 is 0 Å². The normalized spacial score (nSPS) is 11.3. The van der Waals surface area contributed by atoms with E-state index in [9.17, 15) is 9.18 Å². The molecular formula is C7H15FN2O. The molecule has 0 saturated carbocycles. The van der Waals surface area contributed by atoms with E-state index < -0.39 is 12.2 Å². The van der Waals surface area contributed by atoms with E-state index in [1.807, 2.05) is 0 Å². The van der Waals surface area contributed by atoms with Crippen molar-refractivity contribution in [1.82, 2.24) is 5.32 Å². The molecule has 0 unspecified atom stereocenters. The summed E-state index contributed by atoms with van der Waals surface area (Å²) in [6.45, 7) is 3.05. The van der Waals surface area contributed by atoms with Gasteiger partial charge in [0.1, 0.15) is 6.67 Å². The number of hydrogen-bond acceptors (Lipinski definition) is 2. The van der Waals surface area contributed by atoms with Gasteiger partial charge in [-0.15, -0.1) is 0 Å². The SMILES string of the molecule is CC(C)(N)CC(=O)NCCF. The lowest BCUT2D eigenvalue weighted by Gasteiger charge is -2.16. The molecule has 0 rings (SSSR count). The van der Waals surface area contributed by atoms with Crippen LogP contribution in [0, 0.1) is 0 Å². The topological polar surface area (TPSA) is 55.1 Å². The van der Waals surface area contributed by atoms with E-state index in [-0.39, 0.29) is 18.9 Å². The molecule has 0 aliphatic heterocycles. The lowest BCUT2D eigenvalue weighted by atomic mass is 10.0. The van der Waals surface area contributed by atoms with Crippen LogP contribution < -0.4 is 11.1 Å². The third-order valence-corrected chi connectivity index (χ3v) is 1.03. The number of carbonyl (C=O) groups is 1. The van der Waals surface area contributed by atoms with Gasteiger partial charge in [0.2, 0.25) is 5.91 Å². The number of halogens is 1. The Labute approximate surface area is 66.1 Å². The Kier molecular flexibility index (Phi) is 4.03. The quantitative estimate of drug-likeness (QED) is 0.620. The standard InChI is InChI=1S/C7H15FN2O/c1-7(2,9)5-6(11)10-4-3-8/h3-5,9H2,1-2H3,(H,10,11). The minimum absolute atomic E-state index is 0.0783. The van der Waals surface area contributed by atoms with Gasteiger partial charge in [0.25, 0.3) is 0 Å². The van der Waals surface area contributed by atoms with Crippen molar-refractivity contribution in [2.45, 2.75) is 25.8 Å². The third-order valence-electron chi connectivity index (χ3n) is 1.03. The van der Waals surface area contributed by atoms with Crippen LogP contribution in [-0.2, 0) is 4.79 Å². The van der Waals surface area contributed by atoms with Crippen molar-refractivity contribution in [3.8, 4) is 0 Å². The summed E-state index contributed by atoms with van der Waals surface area (Å²) < 4.78 is 11.5. The number of amides is 1. The molecule has 11 heavy (non-hydrogen) atoms. The molecule has 0 radical (unpaired) electrons. The second-order valence-electron chi connectivity index (χ2n) is 3.20. The monoisotopic (exact) mass is 162 g/mol. The molecule has 0 saturated heterocycles. The zero-order valence-corrected chi connectivity index (χ0v) is 6.98. The van der Waals surface area contributed by atoms with Crippen LogP contribution in [0.4, 0.5) is 4.39 Å². The molecule has 4 heteroatoms. The van der Waals surface area contributed by atoms with Gasteiger partial charge in [-0.2, -0.15) is 0 Å². The minimum Gasteiger partial charge on any atom is -0.353 e. The van der Waals surface area contributed by atoms with Gasteiger partial charge in [-0.1, -0.05) is 0 Å². The fourth-order valence-corrected chi connectivity index (χ4v) is 0.663. The Hall–Kier alpha value is -0.640. The maximum absolute atomic E-state index is 11.5. The minimum atomic E-state index is -0.531. The van der Waals surface area contributed by atoms with Crippen LogP contribution in [-0.4, -0.2) is 24.7 Å². The van der Waals surface area contributed by atoms with Gasteiger partial charge < -0.3 is 11.1 Å². The Bertz CT molecular complexity index is 131. The number of carbonyl (C=O) groups excluding carboxylic acids is 1. The van der Waals surface area contributed by atoms with Crippen molar-refractivity contribution in [3.05, 3.63) is 0 Å². The van der Waals surface area contributed by atoms with Crippen LogP contribution in [0.1, 0.15) is 20.3 Å². The van der Waals surface area contributed by atoms with Crippen molar-refractivity contribution in [2.24, 2.45) is 5.73 Å². The Morgan fingerprint density at radius 2 is 2.18 bits per heavy atom. The number of alkyl halides is 1. The van der Waals surface area contributed by atoms with Gasteiger partial charge in [-0.3, -0.25) is 4.79 Å². The van der Waals surface area contributed by atoms with E-state index in [2.05, 4.69) is 5.32 Å². The van der Waals surface area contributed by atoms with Gasteiger partial charge >= 0.3 is 0 Å². The van der Waals surface area contributed by atoms with E-state index in [0.717, 1.165) is 0 Å². The highest BCUT2D eigenvalue weighted by Gasteiger charge is 2.15. The van der Waals surface area contributed by atoms with Crippen LogP contribution in [0.5, 0.6) is 0 Å². The first-order valence-corrected chi connectivity index (χ1v) is 3.57. The van der Waals surface area contributed by atoms with Crippen LogP contribution in [0.25, 0.3) is 0 Å². The summed E-state index contributed by atoms with van der Waals surface area (Å²) in [6.07, 6.45) is 0.229. The fourth-order valence-electron chi connectivity index (χ4n) is 0.663. The zero-order chi connectivity index (χ0) is 8.91. The number of rotatable bonds is 4. The second-order valence-corrected chi connectivity index (χ2v) is 3.20. The molecule has 0 bridgehead atoms. The summed E-state index contributed by atoms with van der Waals surface area (Å²) in [7, 11) is 0. The molecule has 3 N–H and O–H groups in total. The number of hydrogen-bond donors (Lipinski definition) is 2. The lowest BCUT2D eigenvalue weighted by molar-refractivity contribution is -0.122. The largest absolute Gasteiger partial charge is 0.353 e. The molecule has 0 aromatic carbocycles.